The quantitative estimate of drug-likeness (QED) is 0.799. The summed E-state index contributed by atoms with van der Waals surface area (Å²) in [5.74, 6) is 0.492. The average molecular weight is 298 g/mol. The number of imidazole rings is 1. The molecule has 3 rings (SSSR count). The van der Waals surface area contributed by atoms with Gasteiger partial charge < -0.3 is 9.55 Å². The van der Waals surface area contributed by atoms with Crippen LogP contribution in [0.25, 0.3) is 23.2 Å². The lowest BCUT2D eigenvalue weighted by Gasteiger charge is -2.05. The molecule has 0 aliphatic rings. The molecular weight excluding hydrogens is 280 g/mol. The maximum Gasteiger partial charge on any atom is 0.262 e. The van der Waals surface area contributed by atoms with Gasteiger partial charge in [-0.25, -0.2) is 14.6 Å². The maximum atomic E-state index is 12.1. The van der Waals surface area contributed by atoms with Crippen molar-refractivity contribution in [3.63, 3.8) is 0 Å². The zero-order valence-electron chi connectivity index (χ0n) is 12.8. The van der Waals surface area contributed by atoms with Gasteiger partial charge in [0.1, 0.15) is 11.2 Å². The van der Waals surface area contributed by atoms with Crippen LogP contribution in [0.15, 0.2) is 23.5 Å². The second kappa shape index (κ2) is 5.59. The van der Waals surface area contributed by atoms with Crippen molar-refractivity contribution in [3.05, 3.63) is 40.6 Å². The van der Waals surface area contributed by atoms with E-state index in [1.54, 1.807) is 23.3 Å². The molecule has 0 aliphatic carbocycles. The fraction of sp³-hybridized carbons (Fsp3) is 0.333. The molecule has 0 aromatic carbocycles. The van der Waals surface area contributed by atoms with Crippen LogP contribution in [0.2, 0.25) is 0 Å². The number of rotatable bonds is 4. The van der Waals surface area contributed by atoms with Crippen LogP contribution in [0, 0.1) is 0 Å². The molecule has 0 bridgehead atoms. The van der Waals surface area contributed by atoms with E-state index in [2.05, 4.69) is 27.0 Å². The van der Waals surface area contributed by atoms with E-state index in [1.807, 2.05) is 30.7 Å². The molecule has 0 spiro atoms. The van der Waals surface area contributed by atoms with Crippen molar-refractivity contribution in [1.82, 2.24) is 29.3 Å². The zero-order valence-corrected chi connectivity index (χ0v) is 12.8. The molecular formula is C15H18N6O. The van der Waals surface area contributed by atoms with Crippen molar-refractivity contribution in [2.24, 2.45) is 0 Å². The van der Waals surface area contributed by atoms with Gasteiger partial charge in [0.15, 0.2) is 5.65 Å². The van der Waals surface area contributed by atoms with E-state index in [0.29, 0.717) is 16.9 Å². The smallest absolute Gasteiger partial charge is 0.262 e. The minimum Gasteiger partial charge on any atom is -0.337 e. The van der Waals surface area contributed by atoms with E-state index in [1.165, 1.54) is 0 Å². The fourth-order valence-electron chi connectivity index (χ4n) is 2.21. The van der Waals surface area contributed by atoms with Crippen LogP contribution in [-0.2, 0) is 6.54 Å². The first-order chi connectivity index (χ1) is 10.6. The summed E-state index contributed by atoms with van der Waals surface area (Å²) in [7, 11) is 0. The minimum absolute atomic E-state index is 0.142. The Labute approximate surface area is 127 Å². The highest BCUT2D eigenvalue weighted by Crippen LogP contribution is 2.13. The minimum atomic E-state index is -0.185. The lowest BCUT2D eigenvalue weighted by Crippen LogP contribution is -2.11. The number of aromatic amines is 1. The van der Waals surface area contributed by atoms with Crippen molar-refractivity contribution in [2.45, 2.75) is 33.4 Å². The van der Waals surface area contributed by atoms with Crippen LogP contribution in [-0.4, -0.2) is 29.3 Å². The van der Waals surface area contributed by atoms with Crippen LogP contribution in [0.1, 0.15) is 38.3 Å². The summed E-state index contributed by atoms with van der Waals surface area (Å²) in [6, 6.07) is 0.142. The molecule has 0 fully saturated rings. The van der Waals surface area contributed by atoms with Crippen molar-refractivity contribution < 1.29 is 0 Å². The van der Waals surface area contributed by atoms with Crippen LogP contribution in [0.4, 0.5) is 0 Å². The van der Waals surface area contributed by atoms with Gasteiger partial charge in [0.05, 0.1) is 18.2 Å². The highest BCUT2D eigenvalue weighted by molar-refractivity contribution is 5.75. The van der Waals surface area contributed by atoms with Crippen LogP contribution >= 0.6 is 0 Å². The number of hydrogen-bond acceptors (Lipinski definition) is 4. The summed E-state index contributed by atoms with van der Waals surface area (Å²) < 4.78 is 3.72. The van der Waals surface area contributed by atoms with E-state index < -0.39 is 0 Å². The molecule has 0 amide bonds. The summed E-state index contributed by atoms with van der Waals surface area (Å²) in [5.41, 5.74) is 1.23. The molecule has 0 unspecified atom stereocenters. The highest BCUT2D eigenvalue weighted by atomic mass is 16.1. The zero-order chi connectivity index (χ0) is 15.7. The Bertz CT molecular complexity index is 883. The summed E-state index contributed by atoms with van der Waals surface area (Å²) >= 11 is 0. The first kappa shape index (κ1) is 14.2. The number of fused-ring (bicyclic) bond motifs is 1. The van der Waals surface area contributed by atoms with Crippen molar-refractivity contribution in [3.8, 4) is 0 Å². The third kappa shape index (κ3) is 2.57. The number of nitrogens with one attached hydrogen (secondary N) is 1. The van der Waals surface area contributed by atoms with Crippen LogP contribution in [0.3, 0.4) is 0 Å². The summed E-state index contributed by atoms with van der Waals surface area (Å²) in [6.45, 7) is 6.93. The molecule has 1 N–H and O–H groups in total. The van der Waals surface area contributed by atoms with E-state index in [-0.39, 0.29) is 11.6 Å². The predicted octanol–water partition coefficient (Wildman–Crippen LogP) is 2.09. The molecule has 0 saturated carbocycles. The number of aryl methyl sites for hydroxylation is 1. The SMILES string of the molecule is CCn1cnc(/C=C/c2nc3c(cnn3C(C)C)c(=O)[nH]2)c1. The Balaban J connectivity index is 2.00. The van der Waals surface area contributed by atoms with Crippen molar-refractivity contribution >= 4 is 23.2 Å². The van der Waals surface area contributed by atoms with Gasteiger partial charge >= 0.3 is 0 Å². The lowest BCUT2D eigenvalue weighted by molar-refractivity contribution is 0.546. The molecule has 0 radical (unpaired) electrons. The summed E-state index contributed by atoms with van der Waals surface area (Å²) in [6.07, 6.45) is 8.84. The number of nitrogens with zero attached hydrogens (tertiary/aromatic N) is 5. The normalized spacial score (nSPS) is 12.0. The molecule has 0 atom stereocenters. The van der Waals surface area contributed by atoms with Gasteiger partial charge in [-0.2, -0.15) is 5.10 Å². The monoisotopic (exact) mass is 298 g/mol. The van der Waals surface area contributed by atoms with E-state index in [9.17, 15) is 4.79 Å². The molecule has 3 aromatic rings. The van der Waals surface area contributed by atoms with Gasteiger partial charge in [0, 0.05) is 18.8 Å². The summed E-state index contributed by atoms with van der Waals surface area (Å²) in [5, 5.41) is 4.72. The topological polar surface area (TPSA) is 81.4 Å². The number of H-pyrrole nitrogens is 1. The van der Waals surface area contributed by atoms with Gasteiger partial charge in [-0.3, -0.25) is 4.79 Å². The van der Waals surface area contributed by atoms with Gasteiger partial charge in [0.25, 0.3) is 5.56 Å². The molecule has 7 nitrogen and oxygen atoms in total. The van der Waals surface area contributed by atoms with E-state index in [0.717, 1.165) is 12.2 Å². The number of aromatic nitrogens is 6. The van der Waals surface area contributed by atoms with E-state index >= 15 is 0 Å². The predicted molar refractivity (Wildman–Crippen MR) is 85.4 cm³/mol. The standard InChI is InChI=1S/C15H18N6O/c1-4-20-8-11(16-9-20)5-6-13-18-14-12(15(22)19-13)7-17-21(14)10(2)3/h5-10H,4H2,1-3H3,(H,18,19,22)/b6-5+. The van der Waals surface area contributed by atoms with Gasteiger partial charge in [-0.05, 0) is 32.9 Å². The molecule has 3 heterocycles. The first-order valence-electron chi connectivity index (χ1n) is 7.26. The fourth-order valence-corrected chi connectivity index (χ4v) is 2.21. The molecule has 0 aliphatic heterocycles. The van der Waals surface area contributed by atoms with Crippen molar-refractivity contribution in [1.29, 1.82) is 0 Å². The lowest BCUT2D eigenvalue weighted by atomic mass is 10.3. The second-order valence-corrected chi connectivity index (χ2v) is 5.33. The Kier molecular flexibility index (Phi) is 3.62. The Hall–Kier alpha value is -2.70. The Morgan fingerprint density at radius 2 is 2.18 bits per heavy atom. The second-order valence-electron chi connectivity index (χ2n) is 5.33. The molecule has 3 aromatic heterocycles. The Morgan fingerprint density at radius 1 is 1.36 bits per heavy atom. The molecule has 7 heteroatoms. The molecule has 22 heavy (non-hydrogen) atoms. The highest BCUT2D eigenvalue weighted by Gasteiger charge is 2.11. The third-order valence-electron chi connectivity index (χ3n) is 3.40. The molecule has 0 saturated heterocycles. The molecule has 114 valence electrons. The van der Waals surface area contributed by atoms with E-state index in [4.69, 9.17) is 0 Å². The number of hydrogen-bond donors (Lipinski definition) is 1. The Morgan fingerprint density at radius 3 is 2.86 bits per heavy atom. The third-order valence-corrected chi connectivity index (χ3v) is 3.40. The van der Waals surface area contributed by atoms with Gasteiger partial charge in [-0.15, -0.1) is 0 Å². The van der Waals surface area contributed by atoms with Crippen LogP contribution in [0.5, 0.6) is 0 Å². The summed E-state index contributed by atoms with van der Waals surface area (Å²) in [4.78, 5) is 23.6. The van der Waals surface area contributed by atoms with Crippen molar-refractivity contribution in [2.75, 3.05) is 0 Å². The maximum absolute atomic E-state index is 12.1. The van der Waals surface area contributed by atoms with Gasteiger partial charge in [0.2, 0.25) is 0 Å². The first-order valence-corrected chi connectivity index (χ1v) is 7.26. The van der Waals surface area contributed by atoms with Crippen LogP contribution < -0.4 is 5.56 Å². The largest absolute Gasteiger partial charge is 0.337 e. The van der Waals surface area contributed by atoms with Gasteiger partial charge in [-0.1, -0.05) is 0 Å². The average Bonchev–Trinajstić information content (AvgIpc) is 3.11.